The largest absolute Gasteiger partial charge is 0.337 e. The summed E-state index contributed by atoms with van der Waals surface area (Å²) >= 11 is 0. The van der Waals surface area contributed by atoms with Crippen LogP contribution in [0.2, 0.25) is 0 Å². The van der Waals surface area contributed by atoms with E-state index in [1.54, 1.807) is 12.1 Å². The van der Waals surface area contributed by atoms with E-state index in [4.69, 9.17) is 0 Å². The van der Waals surface area contributed by atoms with E-state index < -0.39 is 16.1 Å². The highest BCUT2D eigenvalue weighted by atomic mass is 32.2. The molecule has 1 heterocycles. The number of imide groups is 1. The fourth-order valence-electron chi connectivity index (χ4n) is 5.17. The highest BCUT2D eigenvalue weighted by Gasteiger charge is 2.36. The second-order valence-corrected chi connectivity index (χ2v) is 12.3. The van der Waals surface area contributed by atoms with E-state index in [-0.39, 0.29) is 34.7 Å². The van der Waals surface area contributed by atoms with Crippen molar-refractivity contribution >= 4 is 28.0 Å². The Hall–Kier alpha value is -2.62. The van der Waals surface area contributed by atoms with Gasteiger partial charge >= 0.3 is 12.1 Å². The first-order valence-corrected chi connectivity index (χ1v) is 15.1. The molecule has 1 aliphatic heterocycles. The predicted octanol–water partition coefficient (Wildman–Crippen LogP) is 4.18. The second-order valence-electron chi connectivity index (χ2n) is 10.7. The first kappa shape index (κ1) is 28.9. The summed E-state index contributed by atoms with van der Waals surface area (Å²) in [5, 5.41) is 5.58. The minimum atomic E-state index is -3.98. The van der Waals surface area contributed by atoms with Crippen LogP contribution in [0.3, 0.4) is 0 Å². The third-order valence-electron chi connectivity index (χ3n) is 7.69. The summed E-state index contributed by atoms with van der Waals surface area (Å²) in [6.07, 6.45) is 7.85. The highest BCUT2D eigenvalue weighted by molar-refractivity contribution is 7.90. The number of carbonyl (C=O) groups excluding carboxylic acids is 3. The topological polar surface area (TPSA) is 125 Å². The summed E-state index contributed by atoms with van der Waals surface area (Å²) in [7, 11) is -3.98. The number of nitrogens with one attached hydrogen (secondary N) is 3. The molecule has 1 aromatic carbocycles. The van der Waals surface area contributed by atoms with Gasteiger partial charge in [-0.3, -0.25) is 9.69 Å². The lowest BCUT2D eigenvalue weighted by atomic mass is 9.83. The van der Waals surface area contributed by atoms with Crippen molar-refractivity contribution in [1.82, 2.24) is 20.3 Å². The van der Waals surface area contributed by atoms with E-state index in [1.165, 1.54) is 17.0 Å². The van der Waals surface area contributed by atoms with Gasteiger partial charge in [0.25, 0.3) is 10.0 Å². The number of nitrogens with zero attached hydrogens (tertiary/aromatic N) is 1. The molecule has 5 amide bonds. The smallest absolute Gasteiger partial charge is 0.328 e. The lowest BCUT2D eigenvalue weighted by molar-refractivity contribution is -0.137. The molecule has 1 aromatic rings. The number of urea groups is 2. The molecule has 1 aliphatic carbocycles. The number of amides is 5. The fraction of sp³-hybridized carbons (Fsp3) is 0.667. The summed E-state index contributed by atoms with van der Waals surface area (Å²) in [6.45, 7) is 7.11. The third-order valence-corrected chi connectivity index (χ3v) is 9.04. The standard InChI is InChI=1S/C27H42N4O5S/c1-4-5-6-24-20(3)16-18-31(25(24)32)27(34)28-17-15-21-9-13-23(14-10-21)37(35,36)30-26(33)29-22-11-7-19(2)8-12-22/h9-10,13-14,19-20,22,24H,4-8,11-12,15-18H2,1-3H3,(H,28,34)(H2,29,30,33). The SMILES string of the molecule is CCCCC1C(=O)N(C(=O)NCCc2ccc(S(=O)(=O)NC(=O)NC3CCC(C)CC3)cc2)CCC1C. The predicted molar refractivity (Wildman–Crippen MR) is 142 cm³/mol. The van der Waals surface area contributed by atoms with Crippen molar-refractivity contribution in [3.63, 3.8) is 0 Å². The molecule has 9 nitrogen and oxygen atoms in total. The van der Waals surface area contributed by atoms with Gasteiger partial charge < -0.3 is 10.6 Å². The van der Waals surface area contributed by atoms with Crippen LogP contribution in [0.1, 0.15) is 77.7 Å². The molecule has 0 aromatic heterocycles. The molecule has 10 heteroatoms. The van der Waals surface area contributed by atoms with Crippen LogP contribution in [0.5, 0.6) is 0 Å². The van der Waals surface area contributed by atoms with Gasteiger partial charge in [0.2, 0.25) is 5.91 Å². The number of likely N-dealkylation sites (tertiary alicyclic amines) is 1. The van der Waals surface area contributed by atoms with E-state index in [9.17, 15) is 22.8 Å². The van der Waals surface area contributed by atoms with Gasteiger partial charge in [0, 0.05) is 25.0 Å². The number of piperidine rings is 1. The first-order valence-electron chi connectivity index (χ1n) is 13.6. The molecule has 2 unspecified atom stereocenters. The molecule has 37 heavy (non-hydrogen) atoms. The zero-order chi connectivity index (χ0) is 27.0. The van der Waals surface area contributed by atoms with Gasteiger partial charge in [-0.15, -0.1) is 0 Å². The van der Waals surface area contributed by atoms with Crippen LogP contribution in [-0.4, -0.2) is 50.4 Å². The van der Waals surface area contributed by atoms with Crippen molar-refractivity contribution in [2.45, 2.75) is 89.5 Å². The van der Waals surface area contributed by atoms with Gasteiger partial charge in [-0.1, -0.05) is 45.7 Å². The van der Waals surface area contributed by atoms with Crippen molar-refractivity contribution in [3.8, 4) is 0 Å². The van der Waals surface area contributed by atoms with Crippen LogP contribution < -0.4 is 15.4 Å². The molecule has 3 N–H and O–H groups in total. The Kier molecular flexibility index (Phi) is 10.4. The minimum absolute atomic E-state index is 0.00106. The lowest BCUT2D eigenvalue weighted by Crippen LogP contribution is -2.51. The maximum Gasteiger partial charge on any atom is 0.328 e. The Morgan fingerprint density at radius 3 is 2.35 bits per heavy atom. The van der Waals surface area contributed by atoms with E-state index in [0.717, 1.165) is 56.9 Å². The number of carbonyl (C=O) groups is 3. The van der Waals surface area contributed by atoms with Crippen LogP contribution in [0.15, 0.2) is 29.2 Å². The van der Waals surface area contributed by atoms with Crippen LogP contribution >= 0.6 is 0 Å². The highest BCUT2D eigenvalue weighted by Crippen LogP contribution is 2.28. The molecule has 2 aliphatic rings. The van der Waals surface area contributed by atoms with Crippen LogP contribution in [0.25, 0.3) is 0 Å². The van der Waals surface area contributed by atoms with Crippen LogP contribution in [0.4, 0.5) is 9.59 Å². The Morgan fingerprint density at radius 1 is 1.03 bits per heavy atom. The van der Waals surface area contributed by atoms with Crippen molar-refractivity contribution in [1.29, 1.82) is 0 Å². The summed E-state index contributed by atoms with van der Waals surface area (Å²) in [5.41, 5.74) is 0.833. The number of sulfonamides is 1. The van der Waals surface area contributed by atoms with Crippen molar-refractivity contribution < 1.29 is 22.8 Å². The number of benzene rings is 1. The lowest BCUT2D eigenvalue weighted by Gasteiger charge is -2.35. The van der Waals surface area contributed by atoms with Gasteiger partial charge in [-0.25, -0.2) is 22.7 Å². The van der Waals surface area contributed by atoms with Gasteiger partial charge in [0.05, 0.1) is 4.90 Å². The molecule has 2 fully saturated rings. The number of unbranched alkanes of at least 4 members (excludes halogenated alkanes) is 1. The maximum atomic E-state index is 12.8. The molecule has 1 saturated carbocycles. The van der Waals surface area contributed by atoms with Crippen molar-refractivity contribution in [3.05, 3.63) is 29.8 Å². The molecule has 0 spiro atoms. The number of hydrogen-bond donors (Lipinski definition) is 3. The maximum absolute atomic E-state index is 12.8. The normalized spacial score (nSPS) is 24.4. The van der Waals surface area contributed by atoms with Crippen LogP contribution in [0, 0.1) is 17.8 Å². The molecule has 3 rings (SSSR count). The minimum Gasteiger partial charge on any atom is -0.337 e. The zero-order valence-corrected chi connectivity index (χ0v) is 23.1. The van der Waals surface area contributed by atoms with Crippen molar-refractivity contribution in [2.75, 3.05) is 13.1 Å². The van der Waals surface area contributed by atoms with Crippen LogP contribution in [-0.2, 0) is 21.2 Å². The molecular formula is C27H42N4O5S. The van der Waals surface area contributed by atoms with E-state index in [1.807, 2.05) is 0 Å². The third kappa shape index (κ3) is 8.18. The Labute approximate surface area is 221 Å². The van der Waals surface area contributed by atoms with E-state index >= 15 is 0 Å². The zero-order valence-electron chi connectivity index (χ0n) is 22.3. The van der Waals surface area contributed by atoms with E-state index in [2.05, 4.69) is 36.1 Å². The summed E-state index contributed by atoms with van der Waals surface area (Å²) in [5.74, 6) is 0.732. The molecule has 0 bridgehead atoms. The monoisotopic (exact) mass is 534 g/mol. The molecule has 1 saturated heterocycles. The van der Waals surface area contributed by atoms with Gasteiger partial charge in [0.1, 0.15) is 0 Å². The van der Waals surface area contributed by atoms with Crippen molar-refractivity contribution in [2.24, 2.45) is 17.8 Å². The quantitative estimate of drug-likeness (QED) is 0.438. The molecule has 2 atom stereocenters. The fourth-order valence-corrected chi connectivity index (χ4v) is 6.08. The molecule has 206 valence electrons. The Balaban J connectivity index is 1.46. The average molecular weight is 535 g/mol. The number of rotatable bonds is 9. The summed E-state index contributed by atoms with van der Waals surface area (Å²) in [6, 6.07) is 5.14. The average Bonchev–Trinajstić information content (AvgIpc) is 2.85. The first-order chi connectivity index (χ1) is 17.6. The summed E-state index contributed by atoms with van der Waals surface area (Å²) in [4.78, 5) is 39.0. The second kappa shape index (κ2) is 13.3. The summed E-state index contributed by atoms with van der Waals surface area (Å²) < 4.78 is 27.3. The Morgan fingerprint density at radius 2 is 1.70 bits per heavy atom. The molecular weight excluding hydrogens is 492 g/mol. The van der Waals surface area contributed by atoms with E-state index in [0.29, 0.717) is 25.4 Å². The Bertz CT molecular complexity index is 1040. The number of hydrogen-bond acceptors (Lipinski definition) is 5. The van der Waals surface area contributed by atoms with Gasteiger partial charge in [-0.2, -0.15) is 0 Å². The van der Waals surface area contributed by atoms with Gasteiger partial charge in [0.15, 0.2) is 0 Å². The molecule has 0 radical (unpaired) electrons. The van der Waals surface area contributed by atoms with Gasteiger partial charge in [-0.05, 0) is 74.5 Å².